The number of nitrogens with one attached hydrogen (secondary N) is 1. The van der Waals surface area contributed by atoms with E-state index in [9.17, 15) is 17.6 Å². The van der Waals surface area contributed by atoms with Crippen molar-refractivity contribution in [2.45, 2.75) is 72.9 Å². The molecule has 0 aromatic heterocycles. The molecule has 4 aromatic carbocycles. The van der Waals surface area contributed by atoms with E-state index in [4.69, 9.17) is 4.74 Å². The van der Waals surface area contributed by atoms with Gasteiger partial charge in [-0.25, -0.2) is 36.7 Å². The highest BCUT2D eigenvalue weighted by Gasteiger charge is 2.65. The zero-order chi connectivity index (χ0) is 35.1. The number of benzene rings is 4. The van der Waals surface area contributed by atoms with Gasteiger partial charge in [-0.1, -0.05) is 76.2 Å². The molecule has 5 unspecified atom stereocenters. The van der Waals surface area contributed by atoms with Crippen LogP contribution in [0.5, 0.6) is 0 Å². The fraction of sp³-hybridized carbons (Fsp3) is 0.368. The first-order valence-electron chi connectivity index (χ1n) is 16.7. The fourth-order valence-electron chi connectivity index (χ4n) is 6.94. The van der Waals surface area contributed by atoms with Crippen LogP contribution >= 0.6 is 31.0 Å². The van der Waals surface area contributed by atoms with E-state index < -0.39 is 18.6 Å². The van der Waals surface area contributed by atoms with Gasteiger partial charge in [-0.3, -0.25) is 0 Å². The van der Waals surface area contributed by atoms with Gasteiger partial charge in [-0.2, -0.15) is 0 Å². The second-order valence-corrected chi connectivity index (χ2v) is 18.8. The molecule has 1 fully saturated rings. The number of hydrogen-bond acceptors (Lipinski definition) is 6. The minimum Gasteiger partial charge on any atom is -0.243 e. The monoisotopic (exact) mass is 726 g/mol. The summed E-state index contributed by atoms with van der Waals surface area (Å²) in [6, 6.07) is 26.1. The highest BCUT2D eigenvalue weighted by molar-refractivity contribution is 8.01. The summed E-state index contributed by atoms with van der Waals surface area (Å²) in [5.74, 6) is -1.40. The highest BCUT2D eigenvalue weighted by atomic mass is 32.2. The van der Waals surface area contributed by atoms with Crippen molar-refractivity contribution in [1.82, 2.24) is 14.4 Å². The Labute approximate surface area is 296 Å². The number of thioether (sulfide) groups is 2. The lowest BCUT2D eigenvalue weighted by atomic mass is 9.83. The Bertz CT molecular complexity index is 1710. The number of halogens is 4. The van der Waals surface area contributed by atoms with E-state index in [0.29, 0.717) is 0 Å². The lowest BCUT2D eigenvalue weighted by Crippen LogP contribution is -2.46. The van der Waals surface area contributed by atoms with Crippen LogP contribution in [0.25, 0.3) is 0 Å². The molecular weight excluding hydrogens is 684 g/mol. The first kappa shape index (κ1) is 36.2. The van der Waals surface area contributed by atoms with E-state index >= 15 is 0 Å². The first-order valence-corrected chi connectivity index (χ1v) is 20.2. The van der Waals surface area contributed by atoms with Crippen molar-refractivity contribution < 1.29 is 17.6 Å². The molecule has 4 nitrogen and oxygen atoms in total. The standard InChI is InChI=1S/C38H43F4N4PS2/c1-7-25(3)48-35-37(27-9-17-31(39)18-10-27,28-11-19-32(40)20-12-28)43-47(45(35)5)44-38(29-13-21-33(41)22-14-29,30-15-23-34(42)24-16-30)36(46(47)6)49-26(4)8-2/h9-26,35-36,43H,7-8H2,1-6H3. The summed E-state index contributed by atoms with van der Waals surface area (Å²) in [4.78, 5) is 0. The average Bonchev–Trinajstić information content (AvgIpc) is 3.49. The van der Waals surface area contributed by atoms with Gasteiger partial charge < -0.3 is 0 Å². The topological polar surface area (TPSA) is 30.9 Å². The van der Waals surface area contributed by atoms with Crippen molar-refractivity contribution >= 4 is 31.0 Å². The number of nitrogens with zero attached hydrogens (tertiary/aromatic N) is 3. The summed E-state index contributed by atoms with van der Waals surface area (Å²) >= 11 is 3.61. The molecule has 49 heavy (non-hydrogen) atoms. The van der Waals surface area contributed by atoms with Gasteiger partial charge in [-0.15, -0.1) is 23.5 Å². The second-order valence-electron chi connectivity index (χ2n) is 12.9. The molecule has 0 bridgehead atoms. The first-order chi connectivity index (χ1) is 23.4. The van der Waals surface area contributed by atoms with Crippen LogP contribution in [-0.4, -0.2) is 44.7 Å². The van der Waals surface area contributed by atoms with Crippen molar-refractivity contribution in [3.8, 4) is 0 Å². The molecule has 0 amide bonds. The van der Waals surface area contributed by atoms with Gasteiger partial charge in [-0.05, 0) is 97.7 Å². The number of hydrogen-bond donors (Lipinski definition) is 1. The zero-order valence-electron chi connectivity index (χ0n) is 28.6. The van der Waals surface area contributed by atoms with Crippen LogP contribution in [0.3, 0.4) is 0 Å². The Hall–Kier alpha value is -2.59. The number of rotatable bonds is 10. The lowest BCUT2D eigenvalue weighted by molar-refractivity contribution is 0.382. The lowest BCUT2D eigenvalue weighted by Gasteiger charge is -2.39. The van der Waals surface area contributed by atoms with Crippen LogP contribution in [0.1, 0.15) is 62.8 Å². The van der Waals surface area contributed by atoms with Crippen molar-refractivity contribution in [3.05, 3.63) is 143 Å². The smallest absolute Gasteiger partial charge is 0.169 e. The van der Waals surface area contributed by atoms with E-state index in [-0.39, 0.29) is 44.5 Å². The summed E-state index contributed by atoms with van der Waals surface area (Å²) in [5, 5.41) is 4.07. The molecule has 11 heteroatoms. The summed E-state index contributed by atoms with van der Waals surface area (Å²) in [7, 11) is 1.23. The van der Waals surface area contributed by atoms with Crippen LogP contribution in [0.15, 0.2) is 102 Å². The third kappa shape index (κ3) is 6.21. The second kappa shape index (κ2) is 14.2. The highest BCUT2D eigenvalue weighted by Crippen LogP contribution is 2.74. The molecule has 260 valence electrons. The van der Waals surface area contributed by atoms with Gasteiger partial charge in [0.2, 0.25) is 0 Å². The molecule has 2 aliphatic heterocycles. The SMILES string of the molecule is CCC(C)SC1N(C)P2(=NC1(c1ccc(F)cc1)c1ccc(F)cc1)NC(c1ccc(F)cc1)(c1ccc(F)cc1)C(SC(C)CC)N2C. The van der Waals surface area contributed by atoms with E-state index in [1.165, 1.54) is 48.5 Å². The summed E-state index contributed by atoms with van der Waals surface area (Å²) in [6.45, 7) is 8.69. The maximum Gasteiger partial charge on any atom is 0.169 e. The normalized spacial score (nSPS) is 24.6. The van der Waals surface area contributed by atoms with Crippen molar-refractivity contribution in [2.75, 3.05) is 14.1 Å². The van der Waals surface area contributed by atoms with Gasteiger partial charge in [0.15, 0.2) is 7.51 Å². The molecular formula is C38H43F4N4PS2. The largest absolute Gasteiger partial charge is 0.243 e. The minimum absolute atomic E-state index is 0.234. The molecule has 0 saturated carbocycles. The van der Waals surface area contributed by atoms with Gasteiger partial charge in [0.25, 0.3) is 0 Å². The van der Waals surface area contributed by atoms with Crippen LogP contribution < -0.4 is 5.09 Å². The van der Waals surface area contributed by atoms with Crippen LogP contribution in [0.4, 0.5) is 17.6 Å². The van der Waals surface area contributed by atoms with Crippen LogP contribution in [0.2, 0.25) is 0 Å². The van der Waals surface area contributed by atoms with Gasteiger partial charge in [0.1, 0.15) is 34.3 Å². The van der Waals surface area contributed by atoms with Crippen molar-refractivity contribution in [2.24, 2.45) is 4.74 Å². The summed E-state index contributed by atoms with van der Waals surface area (Å²) in [5.41, 5.74) is 1.29. The van der Waals surface area contributed by atoms with Gasteiger partial charge in [0.05, 0.1) is 10.7 Å². The van der Waals surface area contributed by atoms with Crippen LogP contribution in [0, 0.1) is 23.3 Å². The third-order valence-electron chi connectivity index (χ3n) is 9.95. The fourth-order valence-corrected chi connectivity index (χ4v) is 14.5. The zero-order valence-corrected chi connectivity index (χ0v) is 31.1. The molecule has 4 aromatic rings. The average molecular weight is 727 g/mol. The van der Waals surface area contributed by atoms with Crippen LogP contribution in [-0.2, 0) is 11.1 Å². The number of likely N-dealkylation sites (N-methyl/N-ethyl adjacent to an activating group) is 2. The molecule has 1 spiro atoms. The Morgan fingerprint density at radius 2 is 0.939 bits per heavy atom. The molecule has 2 aliphatic rings. The summed E-state index contributed by atoms with van der Waals surface area (Å²) in [6.07, 6.45) is 1.83. The Morgan fingerprint density at radius 1 is 0.612 bits per heavy atom. The molecule has 1 N–H and O–H groups in total. The molecule has 1 saturated heterocycles. The Balaban J connectivity index is 1.71. The molecule has 0 radical (unpaired) electrons. The summed E-state index contributed by atoms with van der Waals surface area (Å²) < 4.78 is 68.8. The molecule has 5 atom stereocenters. The van der Waals surface area contributed by atoms with E-state index in [2.05, 4.69) is 56.2 Å². The van der Waals surface area contributed by atoms with E-state index in [1.807, 2.05) is 11.8 Å². The Kier molecular flexibility index (Phi) is 10.5. The maximum atomic E-state index is 14.5. The Morgan fingerprint density at radius 3 is 1.31 bits per heavy atom. The predicted octanol–water partition coefficient (Wildman–Crippen LogP) is 10.6. The van der Waals surface area contributed by atoms with Gasteiger partial charge >= 0.3 is 0 Å². The molecule has 2 heterocycles. The predicted molar refractivity (Wildman–Crippen MR) is 197 cm³/mol. The van der Waals surface area contributed by atoms with E-state index in [1.54, 1.807) is 60.3 Å². The maximum absolute atomic E-state index is 14.5. The van der Waals surface area contributed by atoms with Crippen molar-refractivity contribution in [3.63, 3.8) is 0 Å². The molecule has 6 rings (SSSR count). The van der Waals surface area contributed by atoms with Crippen molar-refractivity contribution in [1.29, 1.82) is 0 Å². The molecule has 0 aliphatic carbocycles. The third-order valence-corrected chi connectivity index (χ3v) is 17.2. The quantitative estimate of drug-likeness (QED) is 0.130. The minimum atomic E-state index is -2.95. The van der Waals surface area contributed by atoms with Gasteiger partial charge in [0, 0.05) is 10.5 Å². The van der Waals surface area contributed by atoms with E-state index in [0.717, 1.165) is 35.1 Å².